The lowest BCUT2D eigenvalue weighted by Crippen LogP contribution is -2.32. The van der Waals surface area contributed by atoms with Crippen LogP contribution in [0.5, 0.6) is 0 Å². The zero-order chi connectivity index (χ0) is 15.6. The topological polar surface area (TPSA) is 98.5 Å². The Bertz CT molecular complexity index is 659. The lowest BCUT2D eigenvalue weighted by molar-refractivity contribution is 0.0857. The number of hydrogen-bond donors (Lipinski definition) is 2. The number of carbonyl (C=O) groups excluding carboxylic acids is 1. The van der Waals surface area contributed by atoms with Gasteiger partial charge in [-0.25, -0.2) is 13.6 Å². The fourth-order valence-electron chi connectivity index (χ4n) is 2.00. The standard InChI is InChI=1S/C12H14BrClN2O4S/c13-10-5-8(21(15,18)19)4-9(11(10)14)12(17)16-6-7-2-1-3-20-7/h4-5,7H,1-3,6H2,(H,16,17)(H2,15,18,19). The van der Waals surface area contributed by atoms with E-state index < -0.39 is 15.9 Å². The maximum absolute atomic E-state index is 12.1. The van der Waals surface area contributed by atoms with Gasteiger partial charge in [-0.05, 0) is 40.9 Å². The van der Waals surface area contributed by atoms with E-state index in [1.54, 1.807) is 0 Å². The number of sulfonamides is 1. The van der Waals surface area contributed by atoms with E-state index in [2.05, 4.69) is 21.2 Å². The second kappa shape index (κ2) is 6.62. The summed E-state index contributed by atoms with van der Waals surface area (Å²) in [5.41, 5.74) is 0.0491. The molecule has 116 valence electrons. The molecule has 6 nitrogen and oxygen atoms in total. The number of primary sulfonamides is 1. The van der Waals surface area contributed by atoms with Crippen LogP contribution in [0.3, 0.4) is 0 Å². The van der Waals surface area contributed by atoms with E-state index in [0.717, 1.165) is 18.9 Å². The van der Waals surface area contributed by atoms with Crippen LogP contribution in [0.15, 0.2) is 21.5 Å². The first kappa shape index (κ1) is 16.7. The minimum atomic E-state index is -3.92. The summed E-state index contributed by atoms with van der Waals surface area (Å²) in [5, 5.41) is 7.89. The summed E-state index contributed by atoms with van der Waals surface area (Å²) in [6.45, 7) is 1.04. The summed E-state index contributed by atoms with van der Waals surface area (Å²) in [6, 6.07) is 2.42. The molecule has 1 amide bonds. The van der Waals surface area contributed by atoms with Crippen molar-refractivity contribution in [3.05, 3.63) is 27.2 Å². The van der Waals surface area contributed by atoms with Crippen LogP contribution < -0.4 is 10.5 Å². The van der Waals surface area contributed by atoms with E-state index in [1.807, 2.05) is 0 Å². The van der Waals surface area contributed by atoms with Gasteiger partial charge < -0.3 is 10.1 Å². The lowest BCUT2D eigenvalue weighted by Gasteiger charge is -2.12. The molecule has 1 heterocycles. The highest BCUT2D eigenvalue weighted by molar-refractivity contribution is 9.10. The second-order valence-corrected chi connectivity index (χ2v) is 7.45. The molecule has 1 aliphatic rings. The first-order chi connectivity index (χ1) is 9.79. The Morgan fingerprint density at radius 2 is 2.24 bits per heavy atom. The summed E-state index contributed by atoms with van der Waals surface area (Å²) in [5.74, 6) is -0.471. The Kier molecular flexibility index (Phi) is 5.26. The largest absolute Gasteiger partial charge is 0.376 e. The number of nitrogens with one attached hydrogen (secondary N) is 1. The van der Waals surface area contributed by atoms with Crippen molar-refractivity contribution in [2.45, 2.75) is 23.8 Å². The molecule has 1 aromatic rings. The molecule has 1 aromatic carbocycles. The molecule has 21 heavy (non-hydrogen) atoms. The van der Waals surface area contributed by atoms with Crippen molar-refractivity contribution in [2.75, 3.05) is 13.2 Å². The van der Waals surface area contributed by atoms with Gasteiger partial charge in [-0.2, -0.15) is 0 Å². The highest BCUT2D eigenvalue weighted by Gasteiger charge is 2.21. The van der Waals surface area contributed by atoms with Crippen LogP contribution in [0.25, 0.3) is 0 Å². The molecule has 9 heteroatoms. The zero-order valence-corrected chi connectivity index (χ0v) is 14.1. The fraction of sp³-hybridized carbons (Fsp3) is 0.417. The van der Waals surface area contributed by atoms with Crippen molar-refractivity contribution in [3.63, 3.8) is 0 Å². The fourth-order valence-corrected chi connectivity index (χ4v) is 3.37. The Hall–Kier alpha value is -0.670. The molecule has 3 N–H and O–H groups in total. The molecule has 0 aromatic heterocycles. The number of rotatable bonds is 4. The molecule has 0 radical (unpaired) electrons. The van der Waals surface area contributed by atoms with Gasteiger partial charge in [0.2, 0.25) is 10.0 Å². The third kappa shape index (κ3) is 4.17. The first-order valence-corrected chi connectivity index (χ1v) is 8.92. The predicted octanol–water partition coefficient (Wildman–Crippen LogP) is 1.66. The summed E-state index contributed by atoms with van der Waals surface area (Å²) in [6.07, 6.45) is 1.83. The van der Waals surface area contributed by atoms with Crippen molar-refractivity contribution in [3.8, 4) is 0 Å². The SMILES string of the molecule is NS(=O)(=O)c1cc(Br)c(Cl)c(C(=O)NCC2CCCO2)c1. The van der Waals surface area contributed by atoms with Crippen LogP contribution in [0.2, 0.25) is 5.02 Å². The summed E-state index contributed by atoms with van der Waals surface area (Å²) >= 11 is 9.15. The van der Waals surface area contributed by atoms with Gasteiger partial charge in [0.1, 0.15) is 0 Å². The van der Waals surface area contributed by atoms with Gasteiger partial charge in [0.15, 0.2) is 0 Å². The van der Waals surface area contributed by atoms with Crippen molar-refractivity contribution >= 4 is 43.5 Å². The molecular formula is C12H14BrClN2O4S. The smallest absolute Gasteiger partial charge is 0.252 e. The number of carbonyl (C=O) groups is 1. The van der Waals surface area contributed by atoms with Gasteiger partial charge in [-0.3, -0.25) is 4.79 Å². The minimum Gasteiger partial charge on any atom is -0.376 e. The molecule has 0 saturated carbocycles. The van der Waals surface area contributed by atoms with Crippen LogP contribution >= 0.6 is 27.5 Å². The lowest BCUT2D eigenvalue weighted by atomic mass is 10.2. The molecule has 1 atom stereocenters. The van der Waals surface area contributed by atoms with Crippen LogP contribution in [0.4, 0.5) is 0 Å². The van der Waals surface area contributed by atoms with Gasteiger partial charge in [0, 0.05) is 17.6 Å². The number of ether oxygens (including phenoxy) is 1. The third-order valence-electron chi connectivity index (χ3n) is 3.09. The van der Waals surface area contributed by atoms with Crippen LogP contribution in [-0.4, -0.2) is 33.6 Å². The Labute approximate surface area is 136 Å². The second-order valence-electron chi connectivity index (χ2n) is 4.66. The van der Waals surface area contributed by atoms with Crippen LogP contribution in [0, 0.1) is 0 Å². The maximum Gasteiger partial charge on any atom is 0.252 e. The van der Waals surface area contributed by atoms with Crippen LogP contribution in [-0.2, 0) is 14.8 Å². The normalized spacial score (nSPS) is 18.7. The molecule has 1 unspecified atom stereocenters. The van der Waals surface area contributed by atoms with Crippen molar-refractivity contribution < 1.29 is 17.9 Å². The molecule has 0 aliphatic carbocycles. The Balaban J connectivity index is 2.21. The molecule has 1 aliphatic heterocycles. The predicted molar refractivity (Wildman–Crippen MR) is 81.8 cm³/mol. The van der Waals surface area contributed by atoms with E-state index in [-0.39, 0.29) is 26.1 Å². The average Bonchev–Trinajstić information content (AvgIpc) is 2.91. The highest BCUT2D eigenvalue weighted by Crippen LogP contribution is 2.29. The first-order valence-electron chi connectivity index (χ1n) is 6.20. The van der Waals surface area contributed by atoms with Gasteiger partial charge in [0.05, 0.1) is 21.6 Å². The van der Waals surface area contributed by atoms with Crippen molar-refractivity contribution in [2.24, 2.45) is 5.14 Å². The van der Waals surface area contributed by atoms with E-state index >= 15 is 0 Å². The number of halogens is 2. The van der Waals surface area contributed by atoms with E-state index in [1.165, 1.54) is 6.07 Å². The maximum atomic E-state index is 12.1. The Morgan fingerprint density at radius 3 is 2.81 bits per heavy atom. The number of hydrogen-bond acceptors (Lipinski definition) is 4. The minimum absolute atomic E-state index is 0.0161. The summed E-state index contributed by atoms with van der Waals surface area (Å²) in [7, 11) is -3.92. The number of amides is 1. The molecular weight excluding hydrogens is 384 g/mol. The Morgan fingerprint density at radius 1 is 1.52 bits per heavy atom. The number of benzene rings is 1. The third-order valence-corrected chi connectivity index (χ3v) is 5.24. The number of nitrogens with two attached hydrogens (primary N) is 1. The van der Waals surface area contributed by atoms with E-state index in [0.29, 0.717) is 13.2 Å². The van der Waals surface area contributed by atoms with Gasteiger partial charge in [-0.1, -0.05) is 11.6 Å². The summed E-state index contributed by atoms with van der Waals surface area (Å²) in [4.78, 5) is 12.0. The molecule has 1 saturated heterocycles. The molecule has 0 bridgehead atoms. The van der Waals surface area contributed by atoms with Crippen molar-refractivity contribution in [1.29, 1.82) is 0 Å². The van der Waals surface area contributed by atoms with E-state index in [9.17, 15) is 13.2 Å². The van der Waals surface area contributed by atoms with Gasteiger partial charge in [0.25, 0.3) is 5.91 Å². The van der Waals surface area contributed by atoms with Crippen molar-refractivity contribution in [1.82, 2.24) is 5.32 Å². The van der Waals surface area contributed by atoms with Crippen LogP contribution in [0.1, 0.15) is 23.2 Å². The van der Waals surface area contributed by atoms with E-state index in [4.69, 9.17) is 21.5 Å². The monoisotopic (exact) mass is 396 g/mol. The zero-order valence-electron chi connectivity index (χ0n) is 10.9. The highest BCUT2D eigenvalue weighted by atomic mass is 79.9. The molecule has 1 fully saturated rings. The quantitative estimate of drug-likeness (QED) is 0.807. The van der Waals surface area contributed by atoms with Gasteiger partial charge >= 0.3 is 0 Å². The summed E-state index contributed by atoms with van der Waals surface area (Å²) < 4.78 is 28.5. The van der Waals surface area contributed by atoms with Gasteiger partial charge in [-0.15, -0.1) is 0 Å². The average molecular weight is 398 g/mol. The molecule has 0 spiro atoms. The molecule has 2 rings (SSSR count).